The second-order valence-corrected chi connectivity index (χ2v) is 8.22. The van der Waals surface area contributed by atoms with Crippen molar-refractivity contribution in [1.82, 2.24) is 14.3 Å². The molecule has 0 bridgehead atoms. The van der Waals surface area contributed by atoms with Crippen LogP contribution in [0.2, 0.25) is 0 Å². The minimum absolute atomic E-state index is 0.176. The quantitative estimate of drug-likeness (QED) is 0.421. The Morgan fingerprint density at radius 3 is 2.82 bits per heavy atom. The average Bonchev–Trinajstić information content (AvgIpc) is 2.91. The van der Waals surface area contributed by atoms with Crippen molar-refractivity contribution in [2.75, 3.05) is 25.5 Å². The number of likely N-dealkylation sites (N-methyl/N-ethyl adjacent to an activating group) is 1. The lowest BCUT2D eigenvalue weighted by Crippen LogP contribution is -2.23. The van der Waals surface area contributed by atoms with Crippen LogP contribution in [-0.4, -0.2) is 50.8 Å². The third-order valence-electron chi connectivity index (χ3n) is 4.10. The average molecular weight is 419 g/mol. The summed E-state index contributed by atoms with van der Waals surface area (Å²) in [6.45, 7) is 5.18. The number of anilines is 1. The largest absolute Gasteiger partial charge is 0.379 e. The molecule has 2 aromatic rings. The first-order chi connectivity index (χ1) is 13.4. The van der Waals surface area contributed by atoms with Crippen LogP contribution in [0.1, 0.15) is 25.8 Å². The summed E-state index contributed by atoms with van der Waals surface area (Å²) in [5.74, 6) is 0.228. The summed E-state index contributed by atoms with van der Waals surface area (Å²) in [5.41, 5.74) is 0.629. The number of thioether (sulfide) groups is 1. The van der Waals surface area contributed by atoms with Gasteiger partial charge in [-0.1, -0.05) is 30.0 Å². The lowest BCUT2D eigenvalue weighted by Gasteiger charge is -2.12. The van der Waals surface area contributed by atoms with Crippen LogP contribution in [0.3, 0.4) is 0 Å². The van der Waals surface area contributed by atoms with Crippen molar-refractivity contribution in [3.63, 3.8) is 0 Å². The van der Waals surface area contributed by atoms with E-state index in [1.54, 1.807) is 31.5 Å². The van der Waals surface area contributed by atoms with E-state index >= 15 is 0 Å². The van der Waals surface area contributed by atoms with E-state index in [4.69, 9.17) is 17.0 Å². The van der Waals surface area contributed by atoms with Gasteiger partial charge in [0.1, 0.15) is 15.8 Å². The molecule has 1 saturated heterocycles. The molecule has 1 N–H and O–H groups in total. The highest BCUT2D eigenvalue weighted by Gasteiger charge is 2.29. The van der Waals surface area contributed by atoms with E-state index in [9.17, 15) is 9.59 Å². The monoisotopic (exact) mass is 418 g/mol. The first kappa shape index (κ1) is 20.5. The number of aromatic nitrogens is 2. The maximum absolute atomic E-state index is 13.0. The van der Waals surface area contributed by atoms with Crippen molar-refractivity contribution in [3.8, 4) is 0 Å². The number of hydrogen-bond acceptors (Lipinski definition) is 7. The zero-order valence-corrected chi connectivity index (χ0v) is 17.6. The smallest absolute Gasteiger partial charge is 0.267 e. The summed E-state index contributed by atoms with van der Waals surface area (Å²) in [4.78, 5) is 31.8. The molecule has 1 aliphatic rings. The maximum atomic E-state index is 13.0. The number of rotatable bonds is 7. The third-order valence-corrected chi connectivity index (χ3v) is 5.58. The summed E-state index contributed by atoms with van der Waals surface area (Å²) >= 11 is 6.35. The number of ether oxygens (including phenoxy) is 1. The van der Waals surface area contributed by atoms with E-state index in [1.165, 1.54) is 21.1 Å². The highest BCUT2D eigenvalue weighted by molar-refractivity contribution is 8.26. The molecule has 2 aromatic heterocycles. The number of thiocarbonyl (C=S) groups is 1. The van der Waals surface area contributed by atoms with Crippen molar-refractivity contribution >= 4 is 51.7 Å². The molecule has 1 fully saturated rings. The van der Waals surface area contributed by atoms with Crippen LogP contribution < -0.4 is 10.9 Å². The fourth-order valence-corrected chi connectivity index (χ4v) is 3.80. The Morgan fingerprint density at radius 2 is 2.14 bits per heavy atom. The van der Waals surface area contributed by atoms with Gasteiger partial charge in [-0.05, 0) is 38.5 Å². The van der Waals surface area contributed by atoms with Gasteiger partial charge in [0.2, 0.25) is 0 Å². The van der Waals surface area contributed by atoms with Gasteiger partial charge in [-0.15, -0.1) is 0 Å². The Morgan fingerprint density at radius 1 is 1.36 bits per heavy atom. The minimum Gasteiger partial charge on any atom is -0.379 e. The van der Waals surface area contributed by atoms with Gasteiger partial charge < -0.3 is 10.1 Å². The van der Waals surface area contributed by atoms with Crippen LogP contribution in [0.15, 0.2) is 34.1 Å². The highest BCUT2D eigenvalue weighted by Crippen LogP contribution is 2.31. The molecule has 3 rings (SSSR count). The number of carbonyl (C=O) groups is 1. The normalized spacial score (nSPS) is 16.0. The molecule has 9 heteroatoms. The second-order valence-electron chi connectivity index (χ2n) is 6.55. The molecule has 0 spiro atoms. The number of amides is 1. The number of fused-ring (bicyclic) bond motifs is 1. The predicted octanol–water partition coefficient (Wildman–Crippen LogP) is 2.75. The van der Waals surface area contributed by atoms with Gasteiger partial charge in [0, 0.05) is 26.4 Å². The maximum Gasteiger partial charge on any atom is 0.267 e. The molecular weight excluding hydrogens is 396 g/mol. The Hall–Kier alpha value is -2.23. The molecule has 3 heterocycles. The van der Waals surface area contributed by atoms with Crippen molar-refractivity contribution in [1.29, 1.82) is 0 Å². The van der Waals surface area contributed by atoms with E-state index in [1.807, 2.05) is 19.9 Å². The molecule has 7 nitrogen and oxygen atoms in total. The van der Waals surface area contributed by atoms with Crippen molar-refractivity contribution in [3.05, 3.63) is 45.2 Å². The molecule has 0 aliphatic carbocycles. The zero-order chi connectivity index (χ0) is 20.3. The van der Waals surface area contributed by atoms with Gasteiger partial charge >= 0.3 is 0 Å². The number of pyridine rings is 1. The SMILES string of the molecule is CC(C)OCCCNc1nc2ccccn2c(=O)c1C=C1SC(=S)N(C)C1=O. The molecule has 1 aliphatic heterocycles. The minimum atomic E-state index is -0.243. The van der Waals surface area contributed by atoms with Crippen molar-refractivity contribution in [2.45, 2.75) is 26.4 Å². The lowest BCUT2D eigenvalue weighted by molar-refractivity contribution is -0.121. The van der Waals surface area contributed by atoms with Gasteiger partial charge in [-0.3, -0.25) is 18.9 Å². The molecule has 148 valence electrons. The fraction of sp³-hybridized carbons (Fsp3) is 0.368. The third kappa shape index (κ3) is 4.43. The van der Waals surface area contributed by atoms with E-state index in [0.717, 1.165) is 6.42 Å². The summed E-state index contributed by atoms with van der Waals surface area (Å²) in [5, 5.41) is 3.22. The molecule has 1 amide bonds. The Kier molecular flexibility index (Phi) is 6.48. The predicted molar refractivity (Wildman–Crippen MR) is 117 cm³/mol. The van der Waals surface area contributed by atoms with Crippen LogP contribution in [0, 0.1) is 0 Å². The Labute approximate surface area is 172 Å². The fourth-order valence-electron chi connectivity index (χ4n) is 2.64. The molecule has 0 atom stereocenters. The highest BCUT2D eigenvalue weighted by atomic mass is 32.2. The lowest BCUT2D eigenvalue weighted by atomic mass is 10.2. The van der Waals surface area contributed by atoms with Crippen LogP contribution in [0.25, 0.3) is 11.7 Å². The molecule has 0 radical (unpaired) electrons. The van der Waals surface area contributed by atoms with Gasteiger partial charge in [-0.2, -0.15) is 0 Å². The van der Waals surface area contributed by atoms with E-state index in [0.29, 0.717) is 39.4 Å². The van der Waals surface area contributed by atoms with Crippen LogP contribution in [0.4, 0.5) is 5.82 Å². The van der Waals surface area contributed by atoms with E-state index in [-0.39, 0.29) is 17.6 Å². The number of nitrogens with zero attached hydrogens (tertiary/aromatic N) is 3. The van der Waals surface area contributed by atoms with Gasteiger partial charge in [0.25, 0.3) is 11.5 Å². The van der Waals surface area contributed by atoms with Crippen molar-refractivity contribution < 1.29 is 9.53 Å². The van der Waals surface area contributed by atoms with Gasteiger partial charge in [0.05, 0.1) is 16.6 Å². The summed E-state index contributed by atoms with van der Waals surface area (Å²) in [6, 6.07) is 5.36. The number of nitrogens with one attached hydrogen (secondary N) is 1. The molecule has 0 unspecified atom stereocenters. The zero-order valence-electron chi connectivity index (χ0n) is 16.0. The van der Waals surface area contributed by atoms with E-state index < -0.39 is 0 Å². The first-order valence-electron chi connectivity index (χ1n) is 8.97. The first-order valence-corrected chi connectivity index (χ1v) is 10.2. The standard InChI is InChI=1S/C19H22N4O3S2/c1-12(2)26-10-6-8-20-16-13(11-14-18(25)22(3)19(27)28-14)17(24)23-9-5-4-7-15(23)21-16/h4-5,7,9,11-12,20H,6,8,10H2,1-3H3. The topological polar surface area (TPSA) is 75.9 Å². The Bertz CT molecular complexity index is 1000. The number of hydrogen-bond donors (Lipinski definition) is 1. The molecular formula is C19H22N4O3S2. The Balaban J connectivity index is 1.95. The van der Waals surface area contributed by atoms with Crippen LogP contribution in [0.5, 0.6) is 0 Å². The molecule has 0 saturated carbocycles. The van der Waals surface area contributed by atoms with Crippen molar-refractivity contribution in [2.24, 2.45) is 0 Å². The van der Waals surface area contributed by atoms with Gasteiger partial charge in [0.15, 0.2) is 0 Å². The summed E-state index contributed by atoms with van der Waals surface area (Å²) < 4.78 is 7.47. The van der Waals surface area contributed by atoms with Gasteiger partial charge in [-0.25, -0.2) is 4.98 Å². The number of carbonyl (C=O) groups excluding carboxylic acids is 1. The van der Waals surface area contributed by atoms with E-state index in [2.05, 4.69) is 10.3 Å². The molecule has 0 aromatic carbocycles. The van der Waals surface area contributed by atoms with Crippen LogP contribution >= 0.6 is 24.0 Å². The molecule has 28 heavy (non-hydrogen) atoms. The summed E-state index contributed by atoms with van der Waals surface area (Å²) in [6.07, 6.45) is 4.18. The second kappa shape index (κ2) is 8.85. The summed E-state index contributed by atoms with van der Waals surface area (Å²) in [7, 11) is 1.62. The van der Waals surface area contributed by atoms with Crippen LogP contribution in [-0.2, 0) is 9.53 Å².